The SMILES string of the molecule is NC(=O)NCCNCc1cc[nH]c1. The highest BCUT2D eigenvalue weighted by Gasteiger charge is 1.92. The number of primary amides is 1. The molecule has 72 valence electrons. The van der Waals surface area contributed by atoms with Crippen molar-refractivity contribution in [3.8, 4) is 0 Å². The van der Waals surface area contributed by atoms with Gasteiger partial charge in [-0.3, -0.25) is 0 Å². The molecule has 13 heavy (non-hydrogen) atoms. The van der Waals surface area contributed by atoms with Crippen molar-refractivity contribution in [2.24, 2.45) is 5.73 Å². The first-order valence-electron chi connectivity index (χ1n) is 4.15. The van der Waals surface area contributed by atoms with E-state index in [-0.39, 0.29) is 0 Å². The van der Waals surface area contributed by atoms with E-state index < -0.39 is 6.03 Å². The zero-order valence-electron chi connectivity index (χ0n) is 7.34. The Morgan fingerprint density at radius 3 is 3.00 bits per heavy atom. The first-order chi connectivity index (χ1) is 6.29. The summed E-state index contributed by atoms with van der Waals surface area (Å²) in [6.45, 7) is 2.07. The van der Waals surface area contributed by atoms with Crippen LogP contribution in [-0.4, -0.2) is 24.1 Å². The highest BCUT2D eigenvalue weighted by atomic mass is 16.2. The average Bonchev–Trinajstić information content (AvgIpc) is 2.55. The highest BCUT2D eigenvalue weighted by molar-refractivity contribution is 5.71. The van der Waals surface area contributed by atoms with Gasteiger partial charge in [-0.25, -0.2) is 4.79 Å². The molecule has 0 radical (unpaired) electrons. The second kappa shape index (κ2) is 5.21. The fraction of sp³-hybridized carbons (Fsp3) is 0.375. The van der Waals surface area contributed by atoms with Crippen molar-refractivity contribution >= 4 is 6.03 Å². The van der Waals surface area contributed by atoms with Crippen LogP contribution in [0.3, 0.4) is 0 Å². The molecule has 1 heterocycles. The second-order valence-electron chi connectivity index (χ2n) is 2.69. The van der Waals surface area contributed by atoms with Gasteiger partial charge in [-0.1, -0.05) is 0 Å². The molecule has 0 aliphatic carbocycles. The Balaban J connectivity index is 1.99. The van der Waals surface area contributed by atoms with E-state index >= 15 is 0 Å². The van der Waals surface area contributed by atoms with E-state index in [0.717, 1.165) is 6.54 Å². The molecular formula is C8H14N4O. The summed E-state index contributed by atoms with van der Waals surface area (Å²) in [6, 6.07) is 1.51. The first kappa shape index (κ1) is 9.60. The summed E-state index contributed by atoms with van der Waals surface area (Å²) in [5, 5.41) is 5.65. The van der Waals surface area contributed by atoms with Crippen LogP contribution in [0.25, 0.3) is 0 Å². The molecule has 0 unspecified atom stereocenters. The normalized spacial score (nSPS) is 9.85. The molecule has 1 aromatic heterocycles. The molecular weight excluding hydrogens is 168 g/mol. The fourth-order valence-corrected chi connectivity index (χ4v) is 0.975. The van der Waals surface area contributed by atoms with Gasteiger partial charge in [0.15, 0.2) is 0 Å². The molecule has 1 aromatic rings. The van der Waals surface area contributed by atoms with E-state index in [2.05, 4.69) is 15.6 Å². The lowest BCUT2D eigenvalue weighted by atomic mass is 10.3. The second-order valence-corrected chi connectivity index (χ2v) is 2.69. The van der Waals surface area contributed by atoms with Gasteiger partial charge >= 0.3 is 6.03 Å². The zero-order valence-corrected chi connectivity index (χ0v) is 7.34. The van der Waals surface area contributed by atoms with Crippen molar-refractivity contribution in [3.05, 3.63) is 24.0 Å². The number of nitrogens with one attached hydrogen (secondary N) is 3. The van der Waals surface area contributed by atoms with Gasteiger partial charge in [0.1, 0.15) is 0 Å². The monoisotopic (exact) mass is 182 g/mol. The summed E-state index contributed by atoms with van der Waals surface area (Å²) in [5.74, 6) is 0. The van der Waals surface area contributed by atoms with Crippen molar-refractivity contribution in [2.75, 3.05) is 13.1 Å². The summed E-state index contributed by atoms with van der Waals surface area (Å²) < 4.78 is 0. The zero-order chi connectivity index (χ0) is 9.52. The third-order valence-corrected chi connectivity index (χ3v) is 1.59. The lowest BCUT2D eigenvalue weighted by Gasteiger charge is -2.02. The maximum absolute atomic E-state index is 10.3. The predicted molar refractivity (Wildman–Crippen MR) is 50.1 cm³/mol. The third kappa shape index (κ3) is 4.17. The number of amides is 2. The van der Waals surface area contributed by atoms with Crippen LogP contribution < -0.4 is 16.4 Å². The first-order valence-corrected chi connectivity index (χ1v) is 4.15. The molecule has 2 amide bonds. The Bertz CT molecular complexity index is 245. The summed E-state index contributed by atoms with van der Waals surface area (Å²) in [7, 11) is 0. The Labute approximate surface area is 76.7 Å². The number of carbonyl (C=O) groups is 1. The van der Waals surface area contributed by atoms with Gasteiger partial charge in [-0.15, -0.1) is 0 Å². The number of nitrogens with two attached hydrogens (primary N) is 1. The van der Waals surface area contributed by atoms with Crippen LogP contribution >= 0.6 is 0 Å². The van der Waals surface area contributed by atoms with E-state index in [1.54, 1.807) is 0 Å². The largest absolute Gasteiger partial charge is 0.367 e. The number of rotatable bonds is 5. The summed E-state index contributed by atoms with van der Waals surface area (Å²) >= 11 is 0. The minimum atomic E-state index is -0.483. The molecule has 1 rings (SSSR count). The van der Waals surface area contributed by atoms with E-state index in [1.165, 1.54) is 5.56 Å². The maximum atomic E-state index is 10.3. The minimum absolute atomic E-state index is 0.483. The van der Waals surface area contributed by atoms with Gasteiger partial charge < -0.3 is 21.4 Å². The number of urea groups is 1. The summed E-state index contributed by atoms with van der Waals surface area (Å²) in [4.78, 5) is 13.2. The van der Waals surface area contributed by atoms with Gasteiger partial charge in [0.05, 0.1) is 0 Å². The highest BCUT2D eigenvalue weighted by Crippen LogP contribution is 1.93. The standard InChI is InChI=1S/C8H14N4O/c9-8(13)12-4-3-11-6-7-1-2-10-5-7/h1-2,5,10-11H,3-4,6H2,(H3,9,12,13). The van der Waals surface area contributed by atoms with Crippen molar-refractivity contribution in [2.45, 2.75) is 6.54 Å². The quantitative estimate of drug-likeness (QED) is 0.474. The number of carbonyl (C=O) groups excluding carboxylic acids is 1. The number of H-pyrrole nitrogens is 1. The number of hydrogen-bond donors (Lipinski definition) is 4. The van der Waals surface area contributed by atoms with Crippen LogP contribution in [0.4, 0.5) is 4.79 Å². The molecule has 0 spiro atoms. The fourth-order valence-electron chi connectivity index (χ4n) is 0.975. The van der Waals surface area contributed by atoms with E-state index in [0.29, 0.717) is 13.1 Å². The van der Waals surface area contributed by atoms with Crippen LogP contribution in [0.1, 0.15) is 5.56 Å². The molecule has 0 atom stereocenters. The van der Waals surface area contributed by atoms with Gasteiger partial charge in [0, 0.05) is 32.0 Å². The maximum Gasteiger partial charge on any atom is 0.312 e. The Hall–Kier alpha value is -1.49. The Morgan fingerprint density at radius 1 is 1.54 bits per heavy atom. The molecule has 0 saturated heterocycles. The number of aromatic nitrogens is 1. The van der Waals surface area contributed by atoms with Gasteiger partial charge in [-0.05, 0) is 11.6 Å². The minimum Gasteiger partial charge on any atom is -0.367 e. The molecule has 0 aliphatic rings. The summed E-state index contributed by atoms with van der Waals surface area (Å²) in [5.41, 5.74) is 6.08. The van der Waals surface area contributed by atoms with Crippen LogP contribution in [-0.2, 0) is 6.54 Å². The van der Waals surface area contributed by atoms with Crippen LogP contribution in [0, 0.1) is 0 Å². The van der Waals surface area contributed by atoms with Crippen molar-refractivity contribution < 1.29 is 4.79 Å². The van der Waals surface area contributed by atoms with Gasteiger partial charge in [0.2, 0.25) is 0 Å². The van der Waals surface area contributed by atoms with Crippen LogP contribution in [0.15, 0.2) is 18.5 Å². The number of hydrogen-bond acceptors (Lipinski definition) is 2. The third-order valence-electron chi connectivity index (χ3n) is 1.59. The molecule has 0 aromatic carbocycles. The lowest BCUT2D eigenvalue weighted by molar-refractivity contribution is 0.249. The topological polar surface area (TPSA) is 82.9 Å². The Morgan fingerprint density at radius 2 is 2.38 bits per heavy atom. The molecule has 5 nitrogen and oxygen atoms in total. The molecule has 5 N–H and O–H groups in total. The molecule has 0 fully saturated rings. The number of aromatic amines is 1. The Kier molecular flexibility index (Phi) is 3.84. The van der Waals surface area contributed by atoms with E-state index in [4.69, 9.17) is 5.73 Å². The van der Waals surface area contributed by atoms with Crippen molar-refractivity contribution in [1.29, 1.82) is 0 Å². The molecule has 0 saturated carbocycles. The average molecular weight is 182 g/mol. The molecule has 0 aliphatic heterocycles. The van der Waals surface area contributed by atoms with E-state index in [1.807, 2.05) is 18.5 Å². The van der Waals surface area contributed by atoms with Gasteiger partial charge in [-0.2, -0.15) is 0 Å². The van der Waals surface area contributed by atoms with E-state index in [9.17, 15) is 4.79 Å². The summed E-state index contributed by atoms with van der Waals surface area (Å²) in [6.07, 6.45) is 3.80. The molecule has 0 bridgehead atoms. The van der Waals surface area contributed by atoms with Crippen molar-refractivity contribution in [3.63, 3.8) is 0 Å². The molecule has 5 heteroatoms. The van der Waals surface area contributed by atoms with Crippen molar-refractivity contribution in [1.82, 2.24) is 15.6 Å². The van der Waals surface area contributed by atoms with Crippen LogP contribution in [0.2, 0.25) is 0 Å². The van der Waals surface area contributed by atoms with Gasteiger partial charge in [0.25, 0.3) is 0 Å². The predicted octanol–water partition coefficient (Wildman–Crippen LogP) is -0.227. The van der Waals surface area contributed by atoms with Crippen LogP contribution in [0.5, 0.6) is 0 Å². The smallest absolute Gasteiger partial charge is 0.312 e. The lowest BCUT2D eigenvalue weighted by Crippen LogP contribution is -2.35.